The van der Waals surface area contributed by atoms with Crippen molar-refractivity contribution in [2.75, 3.05) is 31.7 Å². The van der Waals surface area contributed by atoms with E-state index in [-0.39, 0.29) is 36.8 Å². The molecule has 3 aromatic rings. The number of thioether (sulfide) groups is 1. The Hall–Kier alpha value is -3.95. The fraction of sp³-hybridized carbons (Fsp3) is 0.179. The number of imide groups is 1. The number of amides is 3. The third kappa shape index (κ3) is 7.30. The smallest absolute Gasteiger partial charge is 0.293 e. The average molecular weight is 553 g/mol. The molecule has 1 fully saturated rings. The molecule has 38 heavy (non-hydrogen) atoms. The number of carbonyl (C=O) groups excluding carboxylic acids is 3. The van der Waals surface area contributed by atoms with Gasteiger partial charge in [-0.3, -0.25) is 19.3 Å². The maximum Gasteiger partial charge on any atom is 0.293 e. The summed E-state index contributed by atoms with van der Waals surface area (Å²) in [6, 6.07) is 21.0. The van der Waals surface area contributed by atoms with Crippen molar-refractivity contribution in [3.8, 4) is 17.2 Å². The SMILES string of the molecule is CCOc1cc(/C=C2\SC(=O)N(CCOc3ccccc3)C2=O)ccc1OCC(=O)Nc1ccc(Cl)cc1. The zero-order valence-electron chi connectivity index (χ0n) is 20.5. The molecule has 1 heterocycles. The van der Waals surface area contributed by atoms with E-state index in [9.17, 15) is 14.4 Å². The predicted octanol–water partition coefficient (Wildman–Crippen LogP) is 5.87. The highest BCUT2D eigenvalue weighted by molar-refractivity contribution is 8.18. The molecule has 3 aromatic carbocycles. The lowest BCUT2D eigenvalue weighted by Gasteiger charge is -2.13. The van der Waals surface area contributed by atoms with E-state index in [2.05, 4.69) is 5.32 Å². The van der Waals surface area contributed by atoms with E-state index < -0.39 is 0 Å². The minimum atomic E-state index is -0.381. The highest BCUT2D eigenvalue weighted by atomic mass is 35.5. The lowest BCUT2D eigenvalue weighted by Crippen LogP contribution is -2.32. The first kappa shape index (κ1) is 27.1. The minimum Gasteiger partial charge on any atom is -0.492 e. The van der Waals surface area contributed by atoms with Crippen LogP contribution in [0.2, 0.25) is 5.02 Å². The first-order valence-electron chi connectivity index (χ1n) is 11.8. The van der Waals surface area contributed by atoms with E-state index in [1.165, 1.54) is 4.90 Å². The van der Waals surface area contributed by atoms with Crippen LogP contribution in [0.1, 0.15) is 12.5 Å². The van der Waals surface area contributed by atoms with Crippen molar-refractivity contribution in [2.45, 2.75) is 6.92 Å². The molecule has 0 aromatic heterocycles. The van der Waals surface area contributed by atoms with Gasteiger partial charge in [-0.2, -0.15) is 0 Å². The Labute approximate surface area is 229 Å². The van der Waals surface area contributed by atoms with E-state index >= 15 is 0 Å². The van der Waals surface area contributed by atoms with Crippen molar-refractivity contribution in [3.05, 3.63) is 88.3 Å². The molecular weight excluding hydrogens is 528 g/mol. The van der Waals surface area contributed by atoms with Crippen molar-refractivity contribution < 1.29 is 28.6 Å². The van der Waals surface area contributed by atoms with Crippen LogP contribution in [0.15, 0.2) is 77.7 Å². The van der Waals surface area contributed by atoms with Crippen molar-refractivity contribution in [2.24, 2.45) is 0 Å². The second-order valence-corrected chi connectivity index (χ2v) is 9.41. The number of rotatable bonds is 11. The number of anilines is 1. The molecule has 0 unspecified atom stereocenters. The lowest BCUT2D eigenvalue weighted by molar-refractivity contribution is -0.123. The number of ether oxygens (including phenoxy) is 3. The number of para-hydroxylation sites is 1. The molecule has 1 N–H and O–H groups in total. The molecule has 0 saturated carbocycles. The van der Waals surface area contributed by atoms with Crippen molar-refractivity contribution in [3.63, 3.8) is 0 Å². The second-order valence-electron chi connectivity index (χ2n) is 7.98. The Bertz CT molecular complexity index is 1330. The summed E-state index contributed by atoms with van der Waals surface area (Å²) >= 11 is 6.74. The topological polar surface area (TPSA) is 94.2 Å². The highest BCUT2D eigenvalue weighted by Crippen LogP contribution is 2.34. The van der Waals surface area contributed by atoms with Crippen molar-refractivity contribution >= 4 is 52.2 Å². The maximum atomic E-state index is 12.8. The molecule has 0 spiro atoms. The number of nitrogens with zero attached hydrogens (tertiary/aromatic N) is 1. The molecule has 1 aliphatic rings. The van der Waals surface area contributed by atoms with Gasteiger partial charge in [0, 0.05) is 10.7 Å². The summed E-state index contributed by atoms with van der Waals surface area (Å²) in [5, 5.41) is 2.95. The number of carbonyl (C=O) groups is 3. The number of nitrogens with one attached hydrogen (secondary N) is 1. The maximum absolute atomic E-state index is 12.8. The summed E-state index contributed by atoms with van der Waals surface area (Å²) in [7, 11) is 0. The molecule has 1 aliphatic heterocycles. The van der Waals surface area contributed by atoms with Gasteiger partial charge in [0.15, 0.2) is 18.1 Å². The van der Waals surface area contributed by atoms with Gasteiger partial charge in [-0.05, 0) is 78.9 Å². The fourth-order valence-electron chi connectivity index (χ4n) is 3.49. The van der Waals surface area contributed by atoms with Crippen LogP contribution in [-0.4, -0.2) is 48.3 Å². The molecule has 10 heteroatoms. The first-order chi connectivity index (χ1) is 18.4. The number of hydrogen-bond donors (Lipinski definition) is 1. The van der Waals surface area contributed by atoms with Crippen LogP contribution in [0.5, 0.6) is 17.2 Å². The van der Waals surface area contributed by atoms with E-state index in [1.807, 2.05) is 37.3 Å². The van der Waals surface area contributed by atoms with Gasteiger partial charge in [-0.25, -0.2) is 0 Å². The van der Waals surface area contributed by atoms with Crippen LogP contribution in [0, 0.1) is 0 Å². The summed E-state index contributed by atoms with van der Waals surface area (Å²) in [6.07, 6.45) is 1.63. The molecule has 1 saturated heterocycles. The standard InChI is InChI=1S/C28H25ClN2O6S/c1-2-35-24-16-19(8-13-23(24)37-18-26(32)30-21-11-9-20(29)10-12-21)17-25-27(33)31(28(34)38-25)14-15-36-22-6-4-3-5-7-22/h3-13,16-17H,2,14-15,18H2,1H3,(H,30,32)/b25-17-. The van der Waals surface area contributed by atoms with Crippen molar-refractivity contribution in [1.29, 1.82) is 0 Å². The number of halogens is 1. The summed E-state index contributed by atoms with van der Waals surface area (Å²) in [6.45, 7) is 2.31. The molecule has 0 atom stereocenters. The molecule has 8 nitrogen and oxygen atoms in total. The predicted molar refractivity (Wildman–Crippen MR) is 148 cm³/mol. The quantitative estimate of drug-likeness (QED) is 0.297. The van der Waals surface area contributed by atoms with Crippen LogP contribution >= 0.6 is 23.4 Å². The Balaban J connectivity index is 1.37. The third-order valence-corrected chi connectivity index (χ3v) is 6.41. The highest BCUT2D eigenvalue weighted by Gasteiger charge is 2.34. The minimum absolute atomic E-state index is 0.145. The molecule has 3 amide bonds. The van der Waals surface area contributed by atoms with Crippen LogP contribution in [-0.2, 0) is 9.59 Å². The van der Waals surface area contributed by atoms with Gasteiger partial charge in [0.1, 0.15) is 12.4 Å². The Kier molecular flexibility index (Phi) is 9.29. The molecule has 0 bridgehead atoms. The summed E-state index contributed by atoms with van der Waals surface area (Å²) in [4.78, 5) is 39.0. The van der Waals surface area contributed by atoms with Crippen LogP contribution < -0.4 is 19.5 Å². The van der Waals surface area contributed by atoms with Gasteiger partial charge >= 0.3 is 0 Å². The van der Waals surface area contributed by atoms with Gasteiger partial charge in [0.2, 0.25) is 0 Å². The monoisotopic (exact) mass is 552 g/mol. The lowest BCUT2D eigenvalue weighted by atomic mass is 10.2. The van der Waals surface area contributed by atoms with Gasteiger partial charge in [0.25, 0.3) is 17.1 Å². The van der Waals surface area contributed by atoms with E-state index in [0.29, 0.717) is 45.0 Å². The van der Waals surface area contributed by atoms with Crippen LogP contribution in [0.3, 0.4) is 0 Å². The fourth-order valence-corrected chi connectivity index (χ4v) is 4.48. The zero-order chi connectivity index (χ0) is 26.9. The molecule has 0 radical (unpaired) electrons. The van der Waals surface area contributed by atoms with E-state index in [1.54, 1.807) is 48.5 Å². The van der Waals surface area contributed by atoms with Crippen molar-refractivity contribution in [1.82, 2.24) is 4.90 Å². The van der Waals surface area contributed by atoms with Gasteiger partial charge < -0.3 is 19.5 Å². The molecule has 196 valence electrons. The average Bonchev–Trinajstić information content (AvgIpc) is 3.17. The second kappa shape index (κ2) is 13.0. The molecule has 4 rings (SSSR count). The largest absolute Gasteiger partial charge is 0.492 e. The zero-order valence-corrected chi connectivity index (χ0v) is 22.1. The van der Waals surface area contributed by atoms with Gasteiger partial charge in [0.05, 0.1) is 18.1 Å². The van der Waals surface area contributed by atoms with Crippen LogP contribution in [0.4, 0.5) is 10.5 Å². The summed E-state index contributed by atoms with van der Waals surface area (Å²) < 4.78 is 17.0. The summed E-state index contributed by atoms with van der Waals surface area (Å²) in [5.41, 5.74) is 1.25. The van der Waals surface area contributed by atoms with Gasteiger partial charge in [-0.1, -0.05) is 35.9 Å². The Morgan fingerprint density at radius 3 is 2.47 bits per heavy atom. The Morgan fingerprint density at radius 2 is 1.74 bits per heavy atom. The van der Waals surface area contributed by atoms with E-state index in [4.69, 9.17) is 25.8 Å². The van der Waals surface area contributed by atoms with Crippen LogP contribution in [0.25, 0.3) is 6.08 Å². The molecule has 0 aliphatic carbocycles. The normalized spacial score (nSPS) is 14.1. The van der Waals surface area contributed by atoms with Gasteiger partial charge in [-0.15, -0.1) is 0 Å². The summed E-state index contributed by atoms with van der Waals surface area (Å²) in [5.74, 6) is 0.735. The third-order valence-electron chi connectivity index (χ3n) is 5.25. The Morgan fingerprint density at radius 1 is 0.974 bits per heavy atom. The van der Waals surface area contributed by atoms with E-state index in [0.717, 1.165) is 11.8 Å². The first-order valence-corrected chi connectivity index (χ1v) is 13.0. The number of benzene rings is 3. The number of hydrogen-bond acceptors (Lipinski definition) is 7. The molecular formula is C28H25ClN2O6S.